The quantitative estimate of drug-likeness (QED) is 0.432. The second-order valence-electron chi connectivity index (χ2n) is 6.12. The molecule has 0 radical (unpaired) electrons. The number of aromatic nitrogens is 4. The van der Waals surface area contributed by atoms with Gasteiger partial charge in [0.25, 0.3) is 0 Å². The molecule has 0 bridgehead atoms. The smallest absolute Gasteiger partial charge is 0.234 e. The normalized spacial score (nSPS) is 11.1. The van der Waals surface area contributed by atoms with Gasteiger partial charge in [-0.1, -0.05) is 37.2 Å². The summed E-state index contributed by atoms with van der Waals surface area (Å²) in [7, 11) is 0. The van der Waals surface area contributed by atoms with Crippen molar-refractivity contribution in [3.8, 4) is 11.4 Å². The Morgan fingerprint density at radius 1 is 1.41 bits per heavy atom. The first-order valence-electron chi connectivity index (χ1n) is 8.54. The Bertz CT molecular complexity index is 937. The summed E-state index contributed by atoms with van der Waals surface area (Å²) in [4.78, 5) is 17.5. The van der Waals surface area contributed by atoms with Gasteiger partial charge in [-0.2, -0.15) is 0 Å². The van der Waals surface area contributed by atoms with Crippen LogP contribution >= 0.6 is 34.7 Å². The second-order valence-corrected chi connectivity index (χ2v) is 8.36. The molecule has 0 spiro atoms. The molecule has 27 heavy (non-hydrogen) atoms. The molecular weight excluding hydrogens is 402 g/mol. The van der Waals surface area contributed by atoms with Crippen molar-refractivity contribution >= 4 is 46.3 Å². The Morgan fingerprint density at radius 3 is 2.89 bits per heavy atom. The molecule has 0 aliphatic carbocycles. The molecule has 3 rings (SSSR count). The van der Waals surface area contributed by atoms with Crippen LogP contribution in [0.3, 0.4) is 0 Å². The van der Waals surface area contributed by atoms with E-state index in [1.165, 1.54) is 16.6 Å². The van der Waals surface area contributed by atoms with E-state index < -0.39 is 0 Å². The van der Waals surface area contributed by atoms with Crippen molar-refractivity contribution in [3.05, 3.63) is 39.8 Å². The molecule has 142 valence electrons. The highest BCUT2D eigenvalue weighted by atomic mass is 35.5. The Balaban J connectivity index is 1.69. The zero-order chi connectivity index (χ0) is 19.4. The summed E-state index contributed by atoms with van der Waals surface area (Å²) < 4.78 is 2.03. The maximum Gasteiger partial charge on any atom is 0.234 e. The molecule has 0 aliphatic heterocycles. The Hall–Kier alpha value is -1.90. The largest absolute Gasteiger partial charge is 0.323 e. The van der Waals surface area contributed by atoms with E-state index in [1.54, 1.807) is 29.7 Å². The number of carbonyl (C=O) groups is 1. The highest BCUT2D eigenvalue weighted by Gasteiger charge is 2.17. The summed E-state index contributed by atoms with van der Waals surface area (Å²) in [5.74, 6) is 1.36. The Morgan fingerprint density at radius 2 is 2.22 bits per heavy atom. The van der Waals surface area contributed by atoms with E-state index in [9.17, 15) is 4.79 Å². The fourth-order valence-electron chi connectivity index (χ4n) is 2.46. The summed E-state index contributed by atoms with van der Waals surface area (Å²) in [6, 6.07) is 5.60. The molecule has 3 aromatic rings. The summed E-state index contributed by atoms with van der Waals surface area (Å²) in [5, 5.41) is 14.5. The molecule has 0 aromatic carbocycles. The van der Waals surface area contributed by atoms with Crippen LogP contribution in [0.4, 0.5) is 5.69 Å². The first kappa shape index (κ1) is 19.9. The average molecular weight is 422 g/mol. The monoisotopic (exact) mass is 421 g/mol. The molecule has 0 atom stereocenters. The topological polar surface area (TPSA) is 72.7 Å². The lowest BCUT2D eigenvalue weighted by atomic mass is 10.1. The molecule has 3 aromatic heterocycles. The maximum absolute atomic E-state index is 12.2. The zero-order valence-corrected chi connectivity index (χ0v) is 17.7. The average Bonchev–Trinajstić information content (AvgIpc) is 3.28. The number of anilines is 1. The van der Waals surface area contributed by atoms with Crippen LogP contribution in [0.2, 0.25) is 5.15 Å². The van der Waals surface area contributed by atoms with Gasteiger partial charge in [0.1, 0.15) is 0 Å². The molecule has 1 amide bonds. The molecule has 9 heteroatoms. The lowest BCUT2D eigenvalue weighted by Crippen LogP contribution is -2.15. The molecule has 0 unspecified atom stereocenters. The van der Waals surface area contributed by atoms with Crippen molar-refractivity contribution in [3.63, 3.8) is 0 Å². The van der Waals surface area contributed by atoms with Crippen molar-refractivity contribution in [2.45, 2.75) is 38.4 Å². The molecule has 1 N–H and O–H groups in total. The third-order valence-electron chi connectivity index (χ3n) is 3.85. The van der Waals surface area contributed by atoms with E-state index in [-0.39, 0.29) is 16.8 Å². The van der Waals surface area contributed by atoms with Gasteiger partial charge in [-0.05, 0) is 31.0 Å². The summed E-state index contributed by atoms with van der Waals surface area (Å²) >= 11 is 9.05. The van der Waals surface area contributed by atoms with Gasteiger partial charge in [0.05, 0.1) is 11.4 Å². The minimum absolute atomic E-state index is 0.167. The standard InChI is InChI=1S/C18H20ClN5OS2/c1-4-24-17(12-8-14(11(2)3)26-9-12)22-23-18(24)27-10-15(25)21-13-6-5-7-20-16(13)19/h5-9,11H,4,10H2,1-3H3,(H,21,25). The highest BCUT2D eigenvalue weighted by Crippen LogP contribution is 2.31. The number of carbonyl (C=O) groups excluding carboxylic acids is 1. The van der Waals surface area contributed by atoms with Gasteiger partial charge in [-0.15, -0.1) is 21.5 Å². The van der Waals surface area contributed by atoms with Gasteiger partial charge in [-0.25, -0.2) is 4.98 Å². The molecule has 0 saturated heterocycles. The van der Waals surface area contributed by atoms with Crippen LogP contribution < -0.4 is 5.32 Å². The van der Waals surface area contributed by atoms with Crippen LogP contribution in [0.25, 0.3) is 11.4 Å². The predicted molar refractivity (Wildman–Crippen MR) is 112 cm³/mol. The highest BCUT2D eigenvalue weighted by molar-refractivity contribution is 7.99. The number of nitrogens with zero attached hydrogens (tertiary/aromatic N) is 4. The molecule has 0 saturated carbocycles. The van der Waals surface area contributed by atoms with Gasteiger partial charge in [0, 0.05) is 28.6 Å². The predicted octanol–water partition coefficient (Wildman–Crippen LogP) is 4.93. The number of thioether (sulfide) groups is 1. The van der Waals surface area contributed by atoms with Gasteiger partial charge in [0.2, 0.25) is 5.91 Å². The second kappa shape index (κ2) is 8.86. The number of thiophene rings is 1. The summed E-state index contributed by atoms with van der Waals surface area (Å²) in [6.45, 7) is 7.12. The third kappa shape index (κ3) is 4.69. The number of amides is 1. The van der Waals surface area contributed by atoms with Crippen LogP contribution in [0.15, 0.2) is 34.9 Å². The SMILES string of the molecule is CCn1c(SCC(=O)Nc2cccnc2Cl)nnc1-c1csc(C(C)C)c1. The fourth-order valence-corrected chi connectivity index (χ4v) is 4.34. The Kier molecular flexibility index (Phi) is 6.51. The van der Waals surface area contributed by atoms with Gasteiger partial charge < -0.3 is 9.88 Å². The van der Waals surface area contributed by atoms with Crippen molar-refractivity contribution < 1.29 is 4.79 Å². The lowest BCUT2D eigenvalue weighted by Gasteiger charge is -2.07. The Labute approximate surface area is 171 Å². The van der Waals surface area contributed by atoms with Crippen LogP contribution in [0.1, 0.15) is 31.6 Å². The third-order valence-corrected chi connectivity index (χ3v) is 6.35. The van der Waals surface area contributed by atoms with Crippen LogP contribution in [-0.4, -0.2) is 31.4 Å². The fraction of sp³-hybridized carbons (Fsp3) is 0.333. The van der Waals surface area contributed by atoms with Crippen molar-refractivity contribution in [2.24, 2.45) is 0 Å². The zero-order valence-electron chi connectivity index (χ0n) is 15.3. The van der Waals surface area contributed by atoms with E-state index in [0.29, 0.717) is 11.6 Å². The minimum atomic E-state index is -0.167. The number of pyridine rings is 1. The number of hydrogen-bond donors (Lipinski definition) is 1. The van der Waals surface area contributed by atoms with Crippen molar-refractivity contribution in [1.82, 2.24) is 19.7 Å². The van der Waals surface area contributed by atoms with Gasteiger partial charge in [-0.3, -0.25) is 4.79 Å². The summed E-state index contributed by atoms with van der Waals surface area (Å²) in [5.41, 5.74) is 1.57. The van der Waals surface area contributed by atoms with Crippen LogP contribution in [-0.2, 0) is 11.3 Å². The van der Waals surface area contributed by atoms with Crippen molar-refractivity contribution in [1.29, 1.82) is 0 Å². The van der Waals surface area contributed by atoms with Crippen LogP contribution in [0.5, 0.6) is 0 Å². The van der Waals surface area contributed by atoms with Gasteiger partial charge in [0.15, 0.2) is 16.1 Å². The van der Waals surface area contributed by atoms with E-state index in [2.05, 4.69) is 45.8 Å². The molecule has 6 nitrogen and oxygen atoms in total. The van der Waals surface area contributed by atoms with E-state index >= 15 is 0 Å². The minimum Gasteiger partial charge on any atom is -0.323 e. The summed E-state index contributed by atoms with van der Waals surface area (Å²) in [6.07, 6.45) is 1.58. The first-order valence-corrected chi connectivity index (χ1v) is 10.8. The van der Waals surface area contributed by atoms with Gasteiger partial charge >= 0.3 is 0 Å². The number of hydrogen-bond acceptors (Lipinski definition) is 6. The van der Waals surface area contributed by atoms with E-state index in [1.807, 2.05) is 11.5 Å². The van der Waals surface area contributed by atoms with E-state index in [0.717, 1.165) is 23.1 Å². The maximum atomic E-state index is 12.2. The lowest BCUT2D eigenvalue weighted by molar-refractivity contribution is -0.113. The molecular formula is C18H20ClN5OS2. The molecule has 0 aliphatic rings. The number of halogens is 1. The van der Waals surface area contributed by atoms with Crippen molar-refractivity contribution in [2.75, 3.05) is 11.1 Å². The number of rotatable bonds is 7. The molecule has 3 heterocycles. The molecule has 0 fully saturated rings. The van der Waals surface area contributed by atoms with E-state index in [4.69, 9.17) is 11.6 Å². The van der Waals surface area contributed by atoms with Crippen LogP contribution in [0, 0.1) is 0 Å². The first-order chi connectivity index (χ1) is 13.0. The number of nitrogens with one attached hydrogen (secondary N) is 1.